The average molecular weight is 249 g/mol. The molecule has 0 aliphatic rings. The van der Waals surface area contributed by atoms with Crippen LogP contribution in [0.5, 0.6) is 5.75 Å². The SMILES string of the molecule is O=C(NCc1cccc2c(O)cccc12)OP. The fourth-order valence-electron chi connectivity index (χ4n) is 1.72. The maximum Gasteiger partial charge on any atom is 0.409 e. The summed E-state index contributed by atoms with van der Waals surface area (Å²) < 4.78 is 4.42. The van der Waals surface area contributed by atoms with Crippen LogP contribution in [0.2, 0.25) is 0 Å². The van der Waals surface area contributed by atoms with Gasteiger partial charge >= 0.3 is 6.09 Å². The first-order chi connectivity index (χ1) is 8.22. The first-order valence-electron chi connectivity index (χ1n) is 5.06. The number of carbonyl (C=O) groups excluding carboxylic acids is 1. The summed E-state index contributed by atoms with van der Waals surface area (Å²) in [5, 5.41) is 14.0. The van der Waals surface area contributed by atoms with Gasteiger partial charge < -0.3 is 14.9 Å². The molecule has 88 valence electrons. The van der Waals surface area contributed by atoms with E-state index in [9.17, 15) is 9.90 Å². The molecule has 0 saturated carbocycles. The second-order valence-electron chi connectivity index (χ2n) is 3.55. The lowest BCUT2D eigenvalue weighted by Crippen LogP contribution is -2.20. The maximum absolute atomic E-state index is 11.0. The number of benzene rings is 2. The molecule has 2 aromatic carbocycles. The molecule has 5 heteroatoms. The van der Waals surface area contributed by atoms with Gasteiger partial charge in [-0.15, -0.1) is 0 Å². The van der Waals surface area contributed by atoms with Gasteiger partial charge in [-0.3, -0.25) is 0 Å². The zero-order valence-corrected chi connectivity index (χ0v) is 10.2. The maximum atomic E-state index is 11.0. The van der Waals surface area contributed by atoms with E-state index in [2.05, 4.69) is 9.84 Å². The van der Waals surface area contributed by atoms with E-state index in [1.807, 2.05) is 33.7 Å². The Bertz CT molecular complexity index is 556. The zero-order chi connectivity index (χ0) is 12.3. The molecule has 2 N–H and O–H groups in total. The van der Waals surface area contributed by atoms with Crippen molar-refractivity contribution < 1.29 is 14.4 Å². The molecule has 1 atom stereocenters. The average Bonchev–Trinajstić information content (AvgIpc) is 2.36. The second-order valence-corrected chi connectivity index (χ2v) is 3.78. The van der Waals surface area contributed by atoms with Crippen LogP contribution in [-0.4, -0.2) is 11.2 Å². The summed E-state index contributed by atoms with van der Waals surface area (Å²) in [6.07, 6.45) is -0.507. The number of phenolic OH excluding ortho intramolecular Hbond substituents is 1. The molecule has 0 radical (unpaired) electrons. The molecule has 4 nitrogen and oxygen atoms in total. The first-order valence-corrected chi connectivity index (χ1v) is 5.53. The summed E-state index contributed by atoms with van der Waals surface area (Å²) in [7, 11) is 1.89. The molecule has 1 amide bonds. The highest BCUT2D eigenvalue weighted by atomic mass is 31.0. The van der Waals surface area contributed by atoms with Gasteiger partial charge in [0.05, 0.1) is 9.47 Å². The van der Waals surface area contributed by atoms with Crippen molar-refractivity contribution >= 4 is 26.3 Å². The van der Waals surface area contributed by atoms with E-state index in [4.69, 9.17) is 0 Å². The van der Waals surface area contributed by atoms with Crippen molar-refractivity contribution in [3.63, 3.8) is 0 Å². The van der Waals surface area contributed by atoms with E-state index in [1.165, 1.54) is 0 Å². The molecular formula is C12H12NO3P. The standard InChI is InChI=1S/C12H12NO3P/c14-11-6-2-4-9-8(3-1-5-10(9)11)7-13-12(15)16-17/h1-6,14H,7,17H2,(H,13,15). The number of aromatic hydroxyl groups is 1. The number of phenols is 1. The predicted octanol–water partition coefficient (Wildman–Crippen LogP) is 2.56. The molecule has 0 heterocycles. The van der Waals surface area contributed by atoms with Crippen molar-refractivity contribution in [1.29, 1.82) is 0 Å². The van der Waals surface area contributed by atoms with Crippen molar-refractivity contribution in [3.05, 3.63) is 42.0 Å². The van der Waals surface area contributed by atoms with Gasteiger partial charge in [-0.1, -0.05) is 30.3 Å². The van der Waals surface area contributed by atoms with Gasteiger partial charge in [0.25, 0.3) is 0 Å². The molecule has 0 spiro atoms. The molecule has 0 saturated heterocycles. The van der Waals surface area contributed by atoms with E-state index in [0.29, 0.717) is 6.54 Å². The van der Waals surface area contributed by atoms with E-state index < -0.39 is 6.09 Å². The van der Waals surface area contributed by atoms with Gasteiger partial charge in [0.15, 0.2) is 0 Å². The smallest absolute Gasteiger partial charge is 0.409 e. The molecule has 0 fully saturated rings. The number of hydrogen-bond donors (Lipinski definition) is 2. The summed E-state index contributed by atoms with van der Waals surface area (Å²) in [5.41, 5.74) is 0.925. The van der Waals surface area contributed by atoms with Crippen molar-refractivity contribution in [3.8, 4) is 5.75 Å². The summed E-state index contributed by atoms with van der Waals surface area (Å²) in [5.74, 6) is 0.234. The molecule has 0 aromatic heterocycles. The normalized spacial score (nSPS) is 10.2. The summed E-state index contributed by atoms with van der Waals surface area (Å²) in [4.78, 5) is 11.0. The van der Waals surface area contributed by atoms with Crippen LogP contribution in [0.1, 0.15) is 5.56 Å². The Morgan fingerprint density at radius 1 is 1.24 bits per heavy atom. The van der Waals surface area contributed by atoms with Gasteiger partial charge in [0.1, 0.15) is 5.75 Å². The monoisotopic (exact) mass is 249 g/mol. The molecule has 17 heavy (non-hydrogen) atoms. The highest BCUT2D eigenvalue weighted by Crippen LogP contribution is 2.26. The summed E-state index contributed by atoms with van der Waals surface area (Å²) in [6.45, 7) is 0.355. The van der Waals surface area contributed by atoms with Crippen LogP contribution < -0.4 is 5.32 Å². The minimum Gasteiger partial charge on any atom is -0.507 e. The van der Waals surface area contributed by atoms with Gasteiger partial charge in [-0.05, 0) is 17.0 Å². The summed E-state index contributed by atoms with van der Waals surface area (Å²) in [6, 6.07) is 10.9. The fraction of sp³-hybridized carbons (Fsp3) is 0.0833. The van der Waals surface area contributed by atoms with E-state index in [-0.39, 0.29) is 5.75 Å². The van der Waals surface area contributed by atoms with Gasteiger partial charge in [-0.25, -0.2) is 4.79 Å². The van der Waals surface area contributed by atoms with Crippen LogP contribution in [0, 0.1) is 0 Å². The Hall–Kier alpha value is -1.80. The highest BCUT2D eigenvalue weighted by molar-refractivity contribution is 7.10. The predicted molar refractivity (Wildman–Crippen MR) is 68.6 cm³/mol. The van der Waals surface area contributed by atoms with E-state index in [0.717, 1.165) is 16.3 Å². The minimum atomic E-state index is -0.507. The van der Waals surface area contributed by atoms with Crippen LogP contribution in [0.4, 0.5) is 4.79 Å². The van der Waals surface area contributed by atoms with Crippen molar-refractivity contribution in [1.82, 2.24) is 5.32 Å². The number of rotatable bonds is 2. The summed E-state index contributed by atoms with van der Waals surface area (Å²) >= 11 is 0. The number of fused-ring (bicyclic) bond motifs is 1. The van der Waals surface area contributed by atoms with Crippen LogP contribution >= 0.6 is 9.47 Å². The number of hydrogen-bond acceptors (Lipinski definition) is 3. The lowest BCUT2D eigenvalue weighted by Gasteiger charge is -2.08. The van der Waals surface area contributed by atoms with Crippen LogP contribution in [0.25, 0.3) is 10.8 Å². The molecule has 0 aliphatic heterocycles. The van der Waals surface area contributed by atoms with E-state index in [1.54, 1.807) is 12.1 Å². The Kier molecular flexibility index (Phi) is 3.45. The van der Waals surface area contributed by atoms with Crippen molar-refractivity contribution in [2.75, 3.05) is 0 Å². The number of amides is 1. The lowest BCUT2D eigenvalue weighted by atomic mass is 10.0. The Morgan fingerprint density at radius 3 is 2.71 bits per heavy atom. The molecule has 1 unspecified atom stereocenters. The zero-order valence-electron chi connectivity index (χ0n) is 9.01. The third-order valence-electron chi connectivity index (χ3n) is 2.52. The Labute approximate surface area is 101 Å². The fourth-order valence-corrected chi connectivity index (χ4v) is 1.81. The molecular weight excluding hydrogens is 237 g/mol. The molecule has 0 bridgehead atoms. The minimum absolute atomic E-state index is 0.234. The number of nitrogens with one attached hydrogen (secondary N) is 1. The lowest BCUT2D eigenvalue weighted by molar-refractivity contribution is 0.207. The van der Waals surface area contributed by atoms with Crippen LogP contribution in [0.3, 0.4) is 0 Å². The highest BCUT2D eigenvalue weighted by Gasteiger charge is 2.05. The number of carbonyl (C=O) groups is 1. The first kappa shape index (κ1) is 11.7. The second kappa shape index (κ2) is 5.02. The Balaban J connectivity index is 2.34. The van der Waals surface area contributed by atoms with Gasteiger partial charge in [0, 0.05) is 11.9 Å². The van der Waals surface area contributed by atoms with Gasteiger partial charge in [-0.2, -0.15) is 0 Å². The molecule has 0 aliphatic carbocycles. The Morgan fingerprint density at radius 2 is 1.94 bits per heavy atom. The van der Waals surface area contributed by atoms with Crippen molar-refractivity contribution in [2.24, 2.45) is 0 Å². The third-order valence-corrected chi connectivity index (χ3v) is 2.73. The third kappa shape index (κ3) is 2.48. The molecule has 2 aromatic rings. The van der Waals surface area contributed by atoms with Gasteiger partial charge in [0.2, 0.25) is 0 Å². The molecule has 2 rings (SSSR count). The van der Waals surface area contributed by atoms with E-state index >= 15 is 0 Å². The largest absolute Gasteiger partial charge is 0.507 e. The topological polar surface area (TPSA) is 58.6 Å². The van der Waals surface area contributed by atoms with Crippen LogP contribution in [0.15, 0.2) is 36.4 Å². The van der Waals surface area contributed by atoms with Crippen molar-refractivity contribution in [2.45, 2.75) is 6.54 Å². The quantitative estimate of drug-likeness (QED) is 0.804. The van der Waals surface area contributed by atoms with Crippen LogP contribution in [-0.2, 0) is 11.1 Å².